The zero-order chi connectivity index (χ0) is 11.7. The van der Waals surface area contributed by atoms with Crippen LogP contribution in [0.4, 0.5) is 5.13 Å². The fraction of sp³-hybridized carbons (Fsp3) is 0.167. The van der Waals surface area contributed by atoms with Crippen molar-refractivity contribution in [2.45, 2.75) is 6.42 Å². The van der Waals surface area contributed by atoms with Crippen LogP contribution >= 0.6 is 11.3 Å². The number of anilines is 1. The van der Waals surface area contributed by atoms with Gasteiger partial charge in [0, 0.05) is 17.4 Å². The monoisotopic (exact) mass is 245 g/mol. The highest BCUT2D eigenvalue weighted by Crippen LogP contribution is 2.27. The molecule has 4 nitrogen and oxygen atoms in total. The number of thiazole rings is 1. The molecule has 17 heavy (non-hydrogen) atoms. The van der Waals surface area contributed by atoms with E-state index < -0.39 is 0 Å². The van der Waals surface area contributed by atoms with Crippen LogP contribution in [0.2, 0.25) is 0 Å². The number of hydrazine groups is 1. The second-order valence-corrected chi connectivity index (χ2v) is 4.65. The summed E-state index contributed by atoms with van der Waals surface area (Å²) in [5.41, 5.74) is 4.83. The van der Waals surface area contributed by atoms with E-state index in [0.29, 0.717) is 13.0 Å². The van der Waals surface area contributed by atoms with E-state index in [0.717, 1.165) is 16.4 Å². The number of hydrogen-bond acceptors (Lipinski definition) is 4. The molecular weight excluding hydrogens is 234 g/mol. The quantitative estimate of drug-likeness (QED) is 0.880. The Labute approximate surface area is 103 Å². The Kier molecular flexibility index (Phi) is 2.53. The van der Waals surface area contributed by atoms with Crippen molar-refractivity contribution in [1.82, 2.24) is 10.4 Å². The van der Waals surface area contributed by atoms with Gasteiger partial charge in [0.1, 0.15) is 0 Å². The van der Waals surface area contributed by atoms with E-state index in [1.165, 1.54) is 0 Å². The van der Waals surface area contributed by atoms with Gasteiger partial charge < -0.3 is 0 Å². The molecule has 0 saturated carbocycles. The summed E-state index contributed by atoms with van der Waals surface area (Å²) >= 11 is 1.54. The molecule has 1 aliphatic heterocycles. The molecule has 1 aromatic heterocycles. The van der Waals surface area contributed by atoms with Crippen LogP contribution in [-0.2, 0) is 4.79 Å². The lowest BCUT2D eigenvalue weighted by Gasteiger charge is -2.12. The van der Waals surface area contributed by atoms with E-state index in [-0.39, 0.29) is 5.91 Å². The molecule has 0 atom stereocenters. The van der Waals surface area contributed by atoms with Gasteiger partial charge in [-0.25, -0.2) is 4.98 Å². The molecule has 1 amide bonds. The Morgan fingerprint density at radius 1 is 1.29 bits per heavy atom. The minimum atomic E-state index is 0.0569. The molecule has 1 N–H and O–H groups in total. The fourth-order valence-electron chi connectivity index (χ4n) is 1.75. The number of carbonyl (C=O) groups is 1. The van der Waals surface area contributed by atoms with E-state index in [2.05, 4.69) is 10.4 Å². The molecule has 0 unspecified atom stereocenters. The third-order valence-electron chi connectivity index (χ3n) is 2.61. The molecule has 0 spiro atoms. The molecule has 5 heteroatoms. The Bertz CT molecular complexity index is 538. The van der Waals surface area contributed by atoms with Gasteiger partial charge in [0.15, 0.2) is 0 Å². The summed E-state index contributed by atoms with van der Waals surface area (Å²) in [5, 5.41) is 4.66. The van der Waals surface area contributed by atoms with Crippen LogP contribution in [0.3, 0.4) is 0 Å². The standard InChI is InChI=1S/C12H11N3OS/c16-11-6-7-15(14-11)12-13-10(8-17-12)9-4-2-1-3-5-9/h1-5,8H,6-7H2,(H,14,16). The summed E-state index contributed by atoms with van der Waals surface area (Å²) in [5.74, 6) is 0.0569. The van der Waals surface area contributed by atoms with E-state index in [4.69, 9.17) is 0 Å². The maximum Gasteiger partial charge on any atom is 0.240 e. The molecule has 86 valence electrons. The van der Waals surface area contributed by atoms with E-state index in [1.807, 2.05) is 35.7 Å². The molecule has 0 aliphatic carbocycles. The SMILES string of the molecule is O=C1CCN(c2nc(-c3ccccc3)cs2)N1. The van der Waals surface area contributed by atoms with Gasteiger partial charge in [-0.05, 0) is 0 Å². The van der Waals surface area contributed by atoms with Crippen LogP contribution < -0.4 is 10.4 Å². The minimum Gasteiger partial charge on any atom is -0.273 e. The van der Waals surface area contributed by atoms with Crippen molar-refractivity contribution in [3.63, 3.8) is 0 Å². The van der Waals surface area contributed by atoms with E-state index in [9.17, 15) is 4.79 Å². The van der Waals surface area contributed by atoms with Crippen molar-refractivity contribution in [3.8, 4) is 11.3 Å². The fourth-order valence-corrected chi connectivity index (χ4v) is 2.57. The predicted molar refractivity (Wildman–Crippen MR) is 67.7 cm³/mol. The van der Waals surface area contributed by atoms with Crippen LogP contribution in [0.25, 0.3) is 11.3 Å². The van der Waals surface area contributed by atoms with E-state index >= 15 is 0 Å². The lowest BCUT2D eigenvalue weighted by molar-refractivity contribution is -0.119. The first-order valence-corrected chi connectivity index (χ1v) is 6.29. The smallest absolute Gasteiger partial charge is 0.240 e. The maximum absolute atomic E-state index is 11.1. The summed E-state index contributed by atoms with van der Waals surface area (Å²) in [6.45, 7) is 0.695. The van der Waals surface area contributed by atoms with Gasteiger partial charge in [0.25, 0.3) is 0 Å². The average molecular weight is 245 g/mol. The second kappa shape index (κ2) is 4.18. The average Bonchev–Trinajstić information content (AvgIpc) is 2.98. The molecule has 2 aromatic rings. The Balaban J connectivity index is 1.86. The molecule has 1 fully saturated rings. The highest BCUT2D eigenvalue weighted by molar-refractivity contribution is 7.14. The van der Waals surface area contributed by atoms with Crippen molar-refractivity contribution in [1.29, 1.82) is 0 Å². The summed E-state index contributed by atoms with van der Waals surface area (Å²) in [6.07, 6.45) is 0.542. The first kappa shape index (κ1) is 10.3. The topological polar surface area (TPSA) is 45.2 Å². The number of aromatic nitrogens is 1. The van der Waals surface area contributed by atoms with Gasteiger partial charge in [0.2, 0.25) is 11.0 Å². The number of rotatable bonds is 2. The van der Waals surface area contributed by atoms with Gasteiger partial charge in [0.05, 0.1) is 12.2 Å². The molecule has 1 aliphatic rings. The first-order chi connectivity index (χ1) is 8.33. The van der Waals surface area contributed by atoms with Crippen LogP contribution in [-0.4, -0.2) is 17.4 Å². The van der Waals surface area contributed by atoms with Crippen LogP contribution in [0.15, 0.2) is 35.7 Å². The highest BCUT2D eigenvalue weighted by Gasteiger charge is 2.21. The largest absolute Gasteiger partial charge is 0.273 e. The number of amides is 1. The molecule has 1 saturated heterocycles. The van der Waals surface area contributed by atoms with Gasteiger partial charge in [-0.3, -0.25) is 15.2 Å². The third kappa shape index (κ3) is 2.01. The third-order valence-corrected chi connectivity index (χ3v) is 3.48. The molecule has 0 bridgehead atoms. The summed E-state index contributed by atoms with van der Waals surface area (Å²) in [7, 11) is 0. The lowest BCUT2D eigenvalue weighted by atomic mass is 10.2. The molecule has 3 rings (SSSR count). The number of nitrogens with zero attached hydrogens (tertiary/aromatic N) is 2. The normalized spacial score (nSPS) is 15.1. The summed E-state index contributed by atoms with van der Waals surface area (Å²) < 4.78 is 0. The number of hydrogen-bond donors (Lipinski definition) is 1. The molecule has 0 radical (unpaired) electrons. The maximum atomic E-state index is 11.1. The molecule has 2 heterocycles. The minimum absolute atomic E-state index is 0.0569. The van der Waals surface area contributed by atoms with Gasteiger partial charge in [-0.15, -0.1) is 11.3 Å². The number of carbonyl (C=O) groups excluding carboxylic acids is 1. The van der Waals surface area contributed by atoms with Crippen molar-refractivity contribution in [2.75, 3.05) is 11.6 Å². The van der Waals surface area contributed by atoms with E-state index in [1.54, 1.807) is 16.3 Å². The Morgan fingerprint density at radius 3 is 2.82 bits per heavy atom. The highest BCUT2D eigenvalue weighted by atomic mass is 32.1. The second-order valence-electron chi connectivity index (χ2n) is 3.82. The van der Waals surface area contributed by atoms with Gasteiger partial charge >= 0.3 is 0 Å². The number of benzene rings is 1. The van der Waals surface area contributed by atoms with Crippen LogP contribution in [0.1, 0.15) is 6.42 Å². The summed E-state index contributed by atoms with van der Waals surface area (Å²) in [4.78, 5) is 15.7. The van der Waals surface area contributed by atoms with Crippen molar-refractivity contribution >= 4 is 22.4 Å². The summed E-state index contributed by atoms with van der Waals surface area (Å²) in [6, 6.07) is 10.0. The molecule has 1 aromatic carbocycles. The number of nitrogens with one attached hydrogen (secondary N) is 1. The van der Waals surface area contributed by atoms with Crippen molar-refractivity contribution in [3.05, 3.63) is 35.7 Å². The zero-order valence-electron chi connectivity index (χ0n) is 9.09. The lowest BCUT2D eigenvalue weighted by Crippen LogP contribution is -2.32. The zero-order valence-corrected chi connectivity index (χ0v) is 9.91. The van der Waals surface area contributed by atoms with Crippen molar-refractivity contribution < 1.29 is 4.79 Å². The van der Waals surface area contributed by atoms with Crippen molar-refractivity contribution in [2.24, 2.45) is 0 Å². The van der Waals surface area contributed by atoms with Crippen LogP contribution in [0.5, 0.6) is 0 Å². The predicted octanol–water partition coefficient (Wildman–Crippen LogP) is 2.05. The molecular formula is C12H11N3OS. The van der Waals surface area contributed by atoms with Gasteiger partial charge in [-0.1, -0.05) is 30.3 Å². The first-order valence-electron chi connectivity index (χ1n) is 5.41. The Morgan fingerprint density at radius 2 is 2.12 bits per heavy atom. The van der Waals surface area contributed by atoms with Gasteiger partial charge in [-0.2, -0.15) is 0 Å². The van der Waals surface area contributed by atoms with Crippen LogP contribution in [0, 0.1) is 0 Å². The Hall–Kier alpha value is -1.88.